The second kappa shape index (κ2) is 5.66. The van der Waals surface area contributed by atoms with E-state index in [0.717, 1.165) is 36.8 Å². The Kier molecular flexibility index (Phi) is 4.18. The van der Waals surface area contributed by atoms with E-state index >= 15 is 0 Å². The zero-order valence-electron chi connectivity index (χ0n) is 11.3. The SMILES string of the molecule is Cc1cccc(C(=O)C(O)C2CCCCC2)c1C. The molecule has 0 radical (unpaired) electrons. The fraction of sp³-hybridized carbons (Fsp3) is 0.562. The molecule has 0 aromatic heterocycles. The van der Waals surface area contributed by atoms with Crippen molar-refractivity contribution in [1.29, 1.82) is 0 Å². The van der Waals surface area contributed by atoms with E-state index in [1.54, 1.807) is 0 Å². The lowest BCUT2D eigenvalue weighted by molar-refractivity contribution is 0.0534. The van der Waals surface area contributed by atoms with Crippen molar-refractivity contribution in [1.82, 2.24) is 0 Å². The lowest BCUT2D eigenvalue weighted by Gasteiger charge is -2.26. The Bertz CT molecular complexity index is 431. The van der Waals surface area contributed by atoms with Crippen LogP contribution in [0.25, 0.3) is 0 Å². The summed E-state index contributed by atoms with van der Waals surface area (Å²) in [5.74, 6) is 0.0641. The van der Waals surface area contributed by atoms with E-state index in [1.165, 1.54) is 6.42 Å². The third kappa shape index (κ3) is 2.64. The van der Waals surface area contributed by atoms with Crippen molar-refractivity contribution in [2.45, 2.75) is 52.1 Å². The molecule has 1 atom stereocenters. The van der Waals surface area contributed by atoms with Crippen molar-refractivity contribution in [3.05, 3.63) is 34.9 Å². The highest BCUT2D eigenvalue weighted by Crippen LogP contribution is 2.28. The highest BCUT2D eigenvalue weighted by atomic mass is 16.3. The van der Waals surface area contributed by atoms with Crippen LogP contribution < -0.4 is 0 Å². The van der Waals surface area contributed by atoms with Crippen LogP contribution in [-0.4, -0.2) is 17.0 Å². The molecule has 1 unspecified atom stereocenters. The van der Waals surface area contributed by atoms with Gasteiger partial charge in [-0.15, -0.1) is 0 Å². The van der Waals surface area contributed by atoms with E-state index in [1.807, 2.05) is 32.0 Å². The molecule has 1 N–H and O–H groups in total. The summed E-state index contributed by atoms with van der Waals surface area (Å²) in [4.78, 5) is 12.4. The number of ketones is 1. The minimum absolute atomic E-state index is 0.0944. The number of carbonyl (C=O) groups excluding carboxylic acids is 1. The van der Waals surface area contributed by atoms with E-state index in [4.69, 9.17) is 0 Å². The number of aliphatic hydroxyl groups is 1. The average Bonchev–Trinajstić information content (AvgIpc) is 2.41. The summed E-state index contributed by atoms with van der Waals surface area (Å²) in [5.41, 5.74) is 2.79. The Morgan fingerprint density at radius 3 is 2.56 bits per heavy atom. The number of Topliss-reactive ketones (excluding diaryl/α,β-unsaturated/α-hetero) is 1. The highest BCUT2D eigenvalue weighted by Gasteiger charge is 2.28. The molecule has 2 heteroatoms. The van der Waals surface area contributed by atoms with Crippen LogP contribution >= 0.6 is 0 Å². The van der Waals surface area contributed by atoms with Gasteiger partial charge in [-0.25, -0.2) is 0 Å². The van der Waals surface area contributed by atoms with Crippen molar-refractivity contribution in [2.24, 2.45) is 5.92 Å². The molecule has 18 heavy (non-hydrogen) atoms. The first-order valence-corrected chi connectivity index (χ1v) is 6.89. The molecule has 2 nitrogen and oxygen atoms in total. The summed E-state index contributed by atoms with van der Waals surface area (Å²) in [5, 5.41) is 10.3. The van der Waals surface area contributed by atoms with Crippen LogP contribution in [0.5, 0.6) is 0 Å². The monoisotopic (exact) mass is 246 g/mol. The number of rotatable bonds is 3. The van der Waals surface area contributed by atoms with Gasteiger partial charge in [-0.3, -0.25) is 4.79 Å². The van der Waals surface area contributed by atoms with Gasteiger partial charge in [0, 0.05) is 5.56 Å². The van der Waals surface area contributed by atoms with Crippen LogP contribution in [-0.2, 0) is 0 Å². The Labute approximate surface area is 109 Å². The maximum absolute atomic E-state index is 12.4. The highest BCUT2D eigenvalue weighted by molar-refractivity contribution is 6.00. The van der Waals surface area contributed by atoms with Gasteiger partial charge in [0.15, 0.2) is 5.78 Å². The van der Waals surface area contributed by atoms with Gasteiger partial charge in [0.25, 0.3) is 0 Å². The molecule has 98 valence electrons. The molecular formula is C16H22O2. The van der Waals surface area contributed by atoms with Crippen molar-refractivity contribution in [3.8, 4) is 0 Å². The molecule has 1 aromatic carbocycles. The largest absolute Gasteiger partial charge is 0.385 e. The molecule has 1 aliphatic rings. The van der Waals surface area contributed by atoms with Gasteiger partial charge in [-0.1, -0.05) is 37.5 Å². The van der Waals surface area contributed by atoms with Gasteiger partial charge < -0.3 is 5.11 Å². The summed E-state index contributed by atoms with van der Waals surface area (Å²) in [6.07, 6.45) is 4.67. The molecule has 1 saturated carbocycles. The second-order valence-electron chi connectivity index (χ2n) is 5.45. The van der Waals surface area contributed by atoms with Crippen LogP contribution in [0.2, 0.25) is 0 Å². The molecule has 0 amide bonds. The van der Waals surface area contributed by atoms with Gasteiger partial charge in [-0.2, -0.15) is 0 Å². The molecule has 0 spiro atoms. The molecule has 1 aliphatic carbocycles. The number of carbonyl (C=O) groups is 1. The number of hydrogen-bond acceptors (Lipinski definition) is 2. The molecule has 0 bridgehead atoms. The van der Waals surface area contributed by atoms with Crippen LogP contribution in [0.15, 0.2) is 18.2 Å². The second-order valence-corrected chi connectivity index (χ2v) is 5.45. The fourth-order valence-electron chi connectivity index (χ4n) is 2.84. The van der Waals surface area contributed by atoms with Crippen molar-refractivity contribution in [2.75, 3.05) is 0 Å². The van der Waals surface area contributed by atoms with Crippen LogP contribution in [0.1, 0.15) is 53.6 Å². The summed E-state index contributed by atoms with van der Waals surface area (Å²) in [7, 11) is 0. The topological polar surface area (TPSA) is 37.3 Å². The molecule has 0 aliphatic heterocycles. The minimum Gasteiger partial charge on any atom is -0.385 e. The predicted molar refractivity (Wildman–Crippen MR) is 72.8 cm³/mol. The van der Waals surface area contributed by atoms with Crippen molar-refractivity contribution in [3.63, 3.8) is 0 Å². The van der Waals surface area contributed by atoms with Crippen LogP contribution in [0, 0.1) is 19.8 Å². The van der Waals surface area contributed by atoms with Gasteiger partial charge in [0.05, 0.1) is 0 Å². The molecule has 0 heterocycles. The van der Waals surface area contributed by atoms with E-state index in [-0.39, 0.29) is 11.7 Å². The van der Waals surface area contributed by atoms with Crippen molar-refractivity contribution < 1.29 is 9.90 Å². The molecular weight excluding hydrogens is 224 g/mol. The Hall–Kier alpha value is -1.15. The van der Waals surface area contributed by atoms with E-state index in [0.29, 0.717) is 5.56 Å². The molecule has 1 fully saturated rings. The molecule has 2 rings (SSSR count). The first-order chi connectivity index (χ1) is 8.61. The number of benzene rings is 1. The average molecular weight is 246 g/mol. The first kappa shape index (κ1) is 13.3. The van der Waals surface area contributed by atoms with Gasteiger partial charge in [0.1, 0.15) is 6.10 Å². The maximum Gasteiger partial charge on any atom is 0.191 e. The Morgan fingerprint density at radius 1 is 1.22 bits per heavy atom. The van der Waals surface area contributed by atoms with Crippen LogP contribution in [0.4, 0.5) is 0 Å². The normalized spacial score (nSPS) is 18.6. The number of aryl methyl sites for hydroxylation is 1. The summed E-state index contributed by atoms with van der Waals surface area (Å²) >= 11 is 0. The maximum atomic E-state index is 12.4. The number of aliphatic hydroxyl groups excluding tert-OH is 1. The van der Waals surface area contributed by atoms with E-state index in [2.05, 4.69) is 0 Å². The zero-order chi connectivity index (χ0) is 13.1. The molecule has 0 saturated heterocycles. The lowest BCUT2D eigenvalue weighted by Crippen LogP contribution is -2.31. The minimum atomic E-state index is -0.814. The third-order valence-electron chi connectivity index (χ3n) is 4.24. The van der Waals surface area contributed by atoms with Gasteiger partial charge in [-0.05, 0) is 43.7 Å². The van der Waals surface area contributed by atoms with Crippen molar-refractivity contribution >= 4 is 5.78 Å². The first-order valence-electron chi connectivity index (χ1n) is 6.89. The predicted octanol–water partition coefficient (Wildman–Crippen LogP) is 3.43. The smallest absolute Gasteiger partial charge is 0.191 e. The fourth-order valence-corrected chi connectivity index (χ4v) is 2.84. The summed E-state index contributed by atoms with van der Waals surface area (Å²) < 4.78 is 0. The zero-order valence-corrected chi connectivity index (χ0v) is 11.3. The van der Waals surface area contributed by atoms with E-state index < -0.39 is 6.10 Å². The summed E-state index contributed by atoms with van der Waals surface area (Å²) in [6, 6.07) is 5.72. The van der Waals surface area contributed by atoms with Crippen LogP contribution in [0.3, 0.4) is 0 Å². The third-order valence-corrected chi connectivity index (χ3v) is 4.24. The number of hydrogen-bond donors (Lipinski definition) is 1. The summed E-state index contributed by atoms with van der Waals surface area (Å²) in [6.45, 7) is 3.95. The standard InChI is InChI=1S/C16H22O2/c1-11-7-6-10-14(12(11)2)16(18)15(17)13-8-4-3-5-9-13/h6-7,10,13,15,17H,3-5,8-9H2,1-2H3. The lowest BCUT2D eigenvalue weighted by atomic mass is 9.82. The quantitative estimate of drug-likeness (QED) is 0.830. The van der Waals surface area contributed by atoms with Gasteiger partial charge >= 0.3 is 0 Å². The molecule has 1 aromatic rings. The Balaban J connectivity index is 2.17. The van der Waals surface area contributed by atoms with E-state index in [9.17, 15) is 9.90 Å². The van der Waals surface area contributed by atoms with Gasteiger partial charge in [0.2, 0.25) is 0 Å². The Morgan fingerprint density at radius 2 is 1.89 bits per heavy atom.